The number of fused-ring (bicyclic) bond motifs is 2. The number of hydrogen-bond donors (Lipinski definition) is 1. The molecule has 3 heterocycles. The fourth-order valence-electron chi connectivity index (χ4n) is 3.66. The van der Waals surface area contributed by atoms with E-state index in [1.54, 1.807) is 0 Å². The van der Waals surface area contributed by atoms with Crippen molar-refractivity contribution in [3.8, 4) is 0 Å². The molecule has 0 aliphatic carbocycles. The Kier molecular flexibility index (Phi) is 2.71. The molecule has 3 aliphatic rings. The van der Waals surface area contributed by atoms with E-state index in [0.717, 1.165) is 31.2 Å². The number of nitrogens with one attached hydrogen (secondary N) is 1. The summed E-state index contributed by atoms with van der Waals surface area (Å²) in [5.41, 5.74) is 0. The van der Waals surface area contributed by atoms with Gasteiger partial charge in [0.2, 0.25) is 0 Å². The predicted molar refractivity (Wildman–Crippen MR) is 61.0 cm³/mol. The van der Waals surface area contributed by atoms with Gasteiger partial charge in [-0.15, -0.1) is 0 Å². The monoisotopic (exact) mass is 208 g/mol. The van der Waals surface area contributed by atoms with Gasteiger partial charge in [0.25, 0.3) is 0 Å². The molecule has 3 unspecified atom stereocenters. The third-order valence-electron chi connectivity index (χ3n) is 4.56. The Balaban J connectivity index is 1.62. The molecular weight excluding hydrogens is 186 g/mol. The standard InChI is InChI=1S/C12H22N3/c1-15-10-3-2-4-12(15)11(7-10)14-9-5-6-13-8-9/h9-12,14H,2-8H2,1H3/t9-,10?,11?,12?/m0/s1. The van der Waals surface area contributed by atoms with Crippen molar-refractivity contribution >= 4 is 0 Å². The zero-order valence-corrected chi connectivity index (χ0v) is 9.65. The van der Waals surface area contributed by atoms with Crippen molar-refractivity contribution < 1.29 is 0 Å². The number of likely N-dealkylation sites (N-methyl/N-ethyl adjacent to an activating group) is 1. The Labute approximate surface area is 92.6 Å². The Morgan fingerprint density at radius 3 is 2.93 bits per heavy atom. The highest BCUT2D eigenvalue weighted by atomic mass is 15.2. The lowest BCUT2D eigenvalue weighted by Crippen LogP contribution is -2.47. The summed E-state index contributed by atoms with van der Waals surface area (Å²) in [5, 5.41) is 8.28. The van der Waals surface area contributed by atoms with Crippen molar-refractivity contribution in [3.05, 3.63) is 0 Å². The van der Waals surface area contributed by atoms with Crippen LogP contribution in [0.5, 0.6) is 0 Å². The van der Waals surface area contributed by atoms with Gasteiger partial charge in [-0.3, -0.25) is 4.90 Å². The fraction of sp³-hybridized carbons (Fsp3) is 1.00. The Morgan fingerprint density at radius 2 is 2.20 bits per heavy atom. The molecule has 85 valence electrons. The van der Waals surface area contributed by atoms with Gasteiger partial charge in [-0.05, 0) is 32.7 Å². The van der Waals surface area contributed by atoms with Crippen molar-refractivity contribution in [3.63, 3.8) is 0 Å². The first-order valence-corrected chi connectivity index (χ1v) is 6.46. The van der Waals surface area contributed by atoms with Gasteiger partial charge in [0, 0.05) is 37.3 Å². The van der Waals surface area contributed by atoms with Crippen molar-refractivity contribution in [2.24, 2.45) is 0 Å². The van der Waals surface area contributed by atoms with Crippen LogP contribution in [0.15, 0.2) is 0 Å². The quantitative estimate of drug-likeness (QED) is 0.719. The molecule has 1 radical (unpaired) electrons. The second kappa shape index (κ2) is 4.04. The number of rotatable bonds is 2. The molecule has 2 bridgehead atoms. The summed E-state index contributed by atoms with van der Waals surface area (Å²) in [4.78, 5) is 2.62. The normalized spacial score (nSPS) is 46.2. The van der Waals surface area contributed by atoms with Crippen LogP contribution in [0, 0.1) is 0 Å². The molecule has 0 aromatic carbocycles. The first-order chi connectivity index (χ1) is 7.34. The molecule has 4 atom stereocenters. The van der Waals surface area contributed by atoms with Crippen LogP contribution in [-0.4, -0.2) is 49.2 Å². The van der Waals surface area contributed by atoms with Crippen LogP contribution in [0.1, 0.15) is 32.1 Å². The molecule has 3 saturated heterocycles. The summed E-state index contributed by atoms with van der Waals surface area (Å²) in [7, 11) is 2.31. The zero-order chi connectivity index (χ0) is 10.3. The lowest BCUT2D eigenvalue weighted by atomic mass is 10.0. The van der Waals surface area contributed by atoms with E-state index in [2.05, 4.69) is 22.6 Å². The van der Waals surface area contributed by atoms with Crippen LogP contribution in [0.4, 0.5) is 0 Å². The van der Waals surface area contributed by atoms with Gasteiger partial charge in [-0.1, -0.05) is 6.42 Å². The highest BCUT2D eigenvalue weighted by Gasteiger charge is 2.41. The second-order valence-corrected chi connectivity index (χ2v) is 5.44. The van der Waals surface area contributed by atoms with Crippen molar-refractivity contribution in [1.29, 1.82) is 0 Å². The van der Waals surface area contributed by atoms with E-state index in [9.17, 15) is 0 Å². The van der Waals surface area contributed by atoms with Crippen molar-refractivity contribution in [2.45, 2.75) is 56.3 Å². The molecular formula is C12H22N3. The van der Waals surface area contributed by atoms with Crippen LogP contribution >= 0.6 is 0 Å². The molecule has 3 nitrogen and oxygen atoms in total. The largest absolute Gasteiger partial charge is 0.308 e. The second-order valence-electron chi connectivity index (χ2n) is 5.44. The Morgan fingerprint density at radius 1 is 1.27 bits per heavy atom. The summed E-state index contributed by atoms with van der Waals surface area (Å²) in [6.07, 6.45) is 6.89. The third-order valence-corrected chi connectivity index (χ3v) is 4.56. The lowest BCUT2D eigenvalue weighted by molar-refractivity contribution is 0.168. The summed E-state index contributed by atoms with van der Waals surface area (Å²) in [6.45, 7) is 2.13. The Bertz CT molecular complexity index is 225. The highest BCUT2D eigenvalue weighted by molar-refractivity contribution is 5.01. The van der Waals surface area contributed by atoms with Gasteiger partial charge in [0.1, 0.15) is 0 Å². The first kappa shape index (κ1) is 10.1. The Hall–Kier alpha value is -0.120. The summed E-state index contributed by atoms with van der Waals surface area (Å²) in [6, 6.07) is 3.10. The maximum atomic E-state index is 4.44. The van der Waals surface area contributed by atoms with Crippen LogP contribution < -0.4 is 10.6 Å². The van der Waals surface area contributed by atoms with E-state index >= 15 is 0 Å². The van der Waals surface area contributed by atoms with E-state index < -0.39 is 0 Å². The van der Waals surface area contributed by atoms with Crippen molar-refractivity contribution in [2.75, 3.05) is 20.1 Å². The minimum atomic E-state index is 0.683. The van der Waals surface area contributed by atoms with Gasteiger partial charge in [0.15, 0.2) is 0 Å². The summed E-state index contributed by atoms with van der Waals surface area (Å²) >= 11 is 0. The topological polar surface area (TPSA) is 29.4 Å². The predicted octanol–water partition coefficient (Wildman–Crippen LogP) is 0.578. The highest BCUT2D eigenvalue weighted by Crippen LogP contribution is 2.34. The van der Waals surface area contributed by atoms with E-state index in [1.165, 1.54) is 32.1 Å². The molecule has 3 fully saturated rings. The molecule has 1 N–H and O–H groups in total. The molecule has 0 aromatic rings. The minimum absolute atomic E-state index is 0.683. The summed E-state index contributed by atoms with van der Waals surface area (Å²) in [5.74, 6) is 0. The van der Waals surface area contributed by atoms with E-state index in [-0.39, 0.29) is 0 Å². The molecule has 3 aliphatic heterocycles. The molecule has 3 rings (SSSR count). The average Bonchev–Trinajstić information content (AvgIpc) is 2.75. The van der Waals surface area contributed by atoms with Crippen LogP contribution in [0.25, 0.3) is 0 Å². The van der Waals surface area contributed by atoms with Gasteiger partial charge < -0.3 is 5.32 Å². The van der Waals surface area contributed by atoms with Gasteiger partial charge in [-0.25, -0.2) is 5.32 Å². The lowest BCUT2D eigenvalue weighted by Gasteiger charge is -2.32. The maximum absolute atomic E-state index is 4.44. The zero-order valence-electron chi connectivity index (χ0n) is 9.65. The first-order valence-electron chi connectivity index (χ1n) is 6.46. The molecule has 0 aromatic heterocycles. The van der Waals surface area contributed by atoms with Gasteiger partial charge in [0.05, 0.1) is 0 Å². The molecule has 3 heteroatoms. The molecule has 0 amide bonds. The number of piperidine rings is 1. The molecule has 0 saturated carbocycles. The van der Waals surface area contributed by atoms with Crippen LogP contribution in [0.3, 0.4) is 0 Å². The SMILES string of the molecule is CN1C2CCCC1C(N[C@H]1CC[N]C1)C2. The fourth-order valence-corrected chi connectivity index (χ4v) is 3.66. The van der Waals surface area contributed by atoms with Gasteiger partial charge >= 0.3 is 0 Å². The smallest absolute Gasteiger partial charge is 0.0288 e. The van der Waals surface area contributed by atoms with E-state index in [0.29, 0.717) is 6.04 Å². The van der Waals surface area contributed by atoms with Crippen LogP contribution in [-0.2, 0) is 0 Å². The summed E-state index contributed by atoms with van der Waals surface area (Å²) < 4.78 is 0. The number of hydrogen-bond acceptors (Lipinski definition) is 2. The third kappa shape index (κ3) is 1.81. The molecule has 0 spiro atoms. The minimum Gasteiger partial charge on any atom is -0.308 e. The van der Waals surface area contributed by atoms with E-state index in [1.807, 2.05) is 0 Å². The average molecular weight is 208 g/mol. The maximum Gasteiger partial charge on any atom is 0.0288 e. The molecule has 15 heavy (non-hydrogen) atoms. The van der Waals surface area contributed by atoms with Gasteiger partial charge in [-0.2, -0.15) is 0 Å². The van der Waals surface area contributed by atoms with Crippen LogP contribution in [0.2, 0.25) is 0 Å². The van der Waals surface area contributed by atoms with Crippen molar-refractivity contribution in [1.82, 2.24) is 15.5 Å². The van der Waals surface area contributed by atoms with E-state index in [4.69, 9.17) is 0 Å². The number of nitrogens with zero attached hydrogens (tertiary/aromatic N) is 2.